The Hall–Kier alpha value is -2.22. The van der Waals surface area contributed by atoms with Gasteiger partial charge in [-0.25, -0.2) is 0 Å². The minimum Gasteiger partial charge on any atom is -0.397 e. The lowest BCUT2D eigenvalue weighted by molar-refractivity contribution is -0.131. The van der Waals surface area contributed by atoms with Crippen molar-refractivity contribution in [2.24, 2.45) is 0 Å². The van der Waals surface area contributed by atoms with E-state index in [0.717, 1.165) is 0 Å². The molecule has 0 radical (unpaired) electrons. The third-order valence-corrected chi connectivity index (χ3v) is 3.00. The number of rotatable bonds is 5. The number of carbonyl (C=O) groups is 1. The van der Waals surface area contributed by atoms with E-state index in [9.17, 15) is 4.79 Å². The van der Waals surface area contributed by atoms with Gasteiger partial charge in [0.05, 0.1) is 23.0 Å². The van der Waals surface area contributed by atoms with E-state index in [1.807, 2.05) is 13.8 Å². The van der Waals surface area contributed by atoms with Gasteiger partial charge < -0.3 is 16.0 Å². The smallest absolute Gasteiger partial charge is 0.244 e. The standard InChI is InChI=1S/C14H20N4O/c1-4-18(5-2)14(19)10(3)17-13-8-11(9-15)6-7-12(13)16/h6-8,10,17H,4-5,16H2,1-3H3. The fourth-order valence-corrected chi connectivity index (χ4v) is 1.85. The number of nitriles is 1. The average molecular weight is 260 g/mol. The van der Waals surface area contributed by atoms with E-state index in [2.05, 4.69) is 11.4 Å². The van der Waals surface area contributed by atoms with Gasteiger partial charge in [0.15, 0.2) is 0 Å². The van der Waals surface area contributed by atoms with E-state index in [-0.39, 0.29) is 11.9 Å². The summed E-state index contributed by atoms with van der Waals surface area (Å²) in [6, 6.07) is 6.64. The van der Waals surface area contributed by atoms with Crippen LogP contribution in [0.15, 0.2) is 18.2 Å². The maximum atomic E-state index is 12.1. The number of nitrogens with zero attached hydrogens (tertiary/aromatic N) is 2. The molecule has 5 heteroatoms. The van der Waals surface area contributed by atoms with E-state index >= 15 is 0 Å². The summed E-state index contributed by atoms with van der Waals surface area (Å²) in [5, 5.41) is 11.9. The SMILES string of the molecule is CCN(CC)C(=O)C(C)Nc1cc(C#N)ccc1N. The highest BCUT2D eigenvalue weighted by molar-refractivity contribution is 5.85. The first-order chi connectivity index (χ1) is 9.03. The molecule has 0 aliphatic rings. The molecule has 0 saturated carbocycles. The maximum Gasteiger partial charge on any atom is 0.244 e. The van der Waals surface area contributed by atoms with Crippen LogP contribution in [0.3, 0.4) is 0 Å². The second kappa shape index (κ2) is 6.64. The fourth-order valence-electron chi connectivity index (χ4n) is 1.85. The molecule has 0 heterocycles. The monoisotopic (exact) mass is 260 g/mol. The summed E-state index contributed by atoms with van der Waals surface area (Å²) in [5.41, 5.74) is 7.49. The van der Waals surface area contributed by atoms with Crippen LogP contribution in [-0.2, 0) is 4.79 Å². The first-order valence-electron chi connectivity index (χ1n) is 6.38. The zero-order valence-electron chi connectivity index (χ0n) is 11.6. The molecule has 19 heavy (non-hydrogen) atoms. The molecular formula is C14H20N4O. The Morgan fingerprint density at radius 3 is 2.63 bits per heavy atom. The van der Waals surface area contributed by atoms with E-state index in [4.69, 9.17) is 11.0 Å². The largest absolute Gasteiger partial charge is 0.397 e. The van der Waals surface area contributed by atoms with E-state index in [1.165, 1.54) is 0 Å². The lowest BCUT2D eigenvalue weighted by Crippen LogP contribution is -2.41. The summed E-state index contributed by atoms with van der Waals surface area (Å²) in [6.45, 7) is 7.03. The molecule has 0 fully saturated rings. The van der Waals surface area contributed by atoms with Gasteiger partial charge in [-0.05, 0) is 39.0 Å². The van der Waals surface area contributed by atoms with Gasteiger partial charge in [-0.1, -0.05) is 0 Å². The molecule has 1 aromatic rings. The number of nitrogens with two attached hydrogens (primary N) is 1. The van der Waals surface area contributed by atoms with Gasteiger partial charge in [0.25, 0.3) is 0 Å². The van der Waals surface area contributed by atoms with Crippen molar-refractivity contribution in [3.05, 3.63) is 23.8 Å². The molecule has 0 bridgehead atoms. The fraction of sp³-hybridized carbons (Fsp3) is 0.429. The Balaban J connectivity index is 2.85. The zero-order chi connectivity index (χ0) is 14.4. The Morgan fingerprint density at radius 2 is 2.11 bits per heavy atom. The number of amides is 1. The van der Waals surface area contributed by atoms with Crippen molar-refractivity contribution >= 4 is 17.3 Å². The Bertz CT molecular complexity index is 489. The predicted octanol–water partition coefficient (Wildman–Crippen LogP) is 1.81. The molecule has 0 spiro atoms. The molecule has 1 unspecified atom stereocenters. The number of likely N-dealkylation sites (N-methyl/N-ethyl adjacent to an activating group) is 1. The first-order valence-corrected chi connectivity index (χ1v) is 6.38. The normalized spacial score (nSPS) is 11.5. The maximum absolute atomic E-state index is 12.1. The number of nitrogen functional groups attached to an aromatic ring is 1. The molecule has 1 atom stereocenters. The Morgan fingerprint density at radius 1 is 1.47 bits per heavy atom. The van der Waals surface area contributed by atoms with Crippen molar-refractivity contribution in [3.8, 4) is 6.07 Å². The van der Waals surface area contributed by atoms with Crippen LogP contribution < -0.4 is 11.1 Å². The molecule has 1 amide bonds. The van der Waals surface area contributed by atoms with Crippen molar-refractivity contribution in [3.63, 3.8) is 0 Å². The van der Waals surface area contributed by atoms with E-state index in [0.29, 0.717) is 30.0 Å². The number of carbonyl (C=O) groups excluding carboxylic acids is 1. The topological polar surface area (TPSA) is 82.2 Å². The van der Waals surface area contributed by atoms with Crippen LogP contribution in [0.2, 0.25) is 0 Å². The lowest BCUT2D eigenvalue weighted by Gasteiger charge is -2.24. The molecule has 102 valence electrons. The average Bonchev–Trinajstić information content (AvgIpc) is 2.42. The molecule has 1 rings (SSSR count). The summed E-state index contributed by atoms with van der Waals surface area (Å²) in [7, 11) is 0. The number of anilines is 2. The number of hydrogen-bond donors (Lipinski definition) is 2. The first kappa shape index (κ1) is 14.8. The minimum absolute atomic E-state index is 0.0201. The molecule has 0 aliphatic heterocycles. The quantitative estimate of drug-likeness (QED) is 0.791. The molecule has 5 nitrogen and oxygen atoms in total. The lowest BCUT2D eigenvalue weighted by atomic mass is 10.1. The number of nitrogens with one attached hydrogen (secondary N) is 1. The molecule has 0 aromatic heterocycles. The van der Waals surface area contributed by atoms with Crippen LogP contribution in [-0.4, -0.2) is 29.9 Å². The summed E-state index contributed by atoms with van der Waals surface area (Å²) >= 11 is 0. The van der Waals surface area contributed by atoms with Crippen LogP contribution >= 0.6 is 0 Å². The molecule has 0 saturated heterocycles. The molecular weight excluding hydrogens is 240 g/mol. The number of hydrogen-bond acceptors (Lipinski definition) is 4. The highest BCUT2D eigenvalue weighted by atomic mass is 16.2. The van der Waals surface area contributed by atoms with Crippen molar-refractivity contribution < 1.29 is 4.79 Å². The van der Waals surface area contributed by atoms with Gasteiger partial charge >= 0.3 is 0 Å². The molecule has 0 aliphatic carbocycles. The van der Waals surface area contributed by atoms with Crippen LogP contribution in [0.4, 0.5) is 11.4 Å². The summed E-state index contributed by atoms with van der Waals surface area (Å²) in [6.07, 6.45) is 0. The second-order valence-corrected chi connectivity index (χ2v) is 4.29. The highest BCUT2D eigenvalue weighted by Crippen LogP contribution is 2.20. The minimum atomic E-state index is -0.379. The van der Waals surface area contributed by atoms with Crippen LogP contribution in [0.5, 0.6) is 0 Å². The van der Waals surface area contributed by atoms with Crippen molar-refractivity contribution in [2.75, 3.05) is 24.1 Å². The van der Waals surface area contributed by atoms with Gasteiger partial charge in [0.2, 0.25) is 5.91 Å². The summed E-state index contributed by atoms with van der Waals surface area (Å²) in [5.74, 6) is 0.0201. The summed E-state index contributed by atoms with van der Waals surface area (Å²) < 4.78 is 0. The van der Waals surface area contributed by atoms with E-state index < -0.39 is 0 Å². The van der Waals surface area contributed by atoms with Gasteiger partial charge in [0, 0.05) is 13.1 Å². The zero-order valence-corrected chi connectivity index (χ0v) is 11.6. The van der Waals surface area contributed by atoms with Gasteiger partial charge in [-0.2, -0.15) is 5.26 Å². The van der Waals surface area contributed by atoms with Crippen LogP contribution in [0, 0.1) is 11.3 Å². The summed E-state index contributed by atoms with van der Waals surface area (Å²) in [4.78, 5) is 13.9. The molecule has 3 N–H and O–H groups in total. The second-order valence-electron chi connectivity index (χ2n) is 4.29. The predicted molar refractivity (Wildman–Crippen MR) is 76.6 cm³/mol. The third kappa shape index (κ3) is 3.62. The molecule has 1 aromatic carbocycles. The van der Waals surface area contributed by atoms with Crippen LogP contribution in [0.25, 0.3) is 0 Å². The van der Waals surface area contributed by atoms with Gasteiger partial charge in [0.1, 0.15) is 6.04 Å². The van der Waals surface area contributed by atoms with E-state index in [1.54, 1.807) is 30.0 Å². The number of benzene rings is 1. The van der Waals surface area contributed by atoms with Crippen molar-refractivity contribution in [1.82, 2.24) is 4.90 Å². The van der Waals surface area contributed by atoms with Crippen molar-refractivity contribution in [1.29, 1.82) is 5.26 Å². The van der Waals surface area contributed by atoms with Crippen LogP contribution in [0.1, 0.15) is 26.3 Å². The van der Waals surface area contributed by atoms with Crippen molar-refractivity contribution in [2.45, 2.75) is 26.8 Å². The highest BCUT2D eigenvalue weighted by Gasteiger charge is 2.18. The van der Waals surface area contributed by atoms with Gasteiger partial charge in [-0.15, -0.1) is 0 Å². The third-order valence-electron chi connectivity index (χ3n) is 3.00. The Kier molecular flexibility index (Phi) is 5.19. The Labute approximate surface area is 114 Å². The van der Waals surface area contributed by atoms with Gasteiger partial charge in [-0.3, -0.25) is 4.79 Å².